The van der Waals surface area contributed by atoms with Crippen LogP contribution in [0.2, 0.25) is 0 Å². The molecular formula is C23H25N5O3S. The van der Waals surface area contributed by atoms with Crippen molar-refractivity contribution in [1.82, 2.24) is 14.8 Å². The monoisotopic (exact) mass is 451 g/mol. The van der Waals surface area contributed by atoms with Crippen molar-refractivity contribution in [3.05, 3.63) is 59.7 Å². The van der Waals surface area contributed by atoms with Gasteiger partial charge in [-0.15, -0.1) is 10.2 Å². The summed E-state index contributed by atoms with van der Waals surface area (Å²) in [5.41, 5.74) is 3.10. The fourth-order valence-corrected chi connectivity index (χ4v) is 4.21. The van der Waals surface area contributed by atoms with Crippen molar-refractivity contribution in [3.63, 3.8) is 0 Å². The van der Waals surface area contributed by atoms with Gasteiger partial charge in [-0.2, -0.15) is 0 Å². The maximum atomic E-state index is 12.6. The molecule has 1 amide bonds. The van der Waals surface area contributed by atoms with E-state index in [1.54, 1.807) is 24.3 Å². The first kappa shape index (κ1) is 22.0. The minimum atomic E-state index is -0.213. The van der Waals surface area contributed by atoms with Crippen molar-refractivity contribution in [2.24, 2.45) is 0 Å². The van der Waals surface area contributed by atoms with Gasteiger partial charge < -0.3 is 15.0 Å². The van der Waals surface area contributed by atoms with Gasteiger partial charge in [-0.3, -0.25) is 14.2 Å². The topological polar surface area (TPSA) is 89.3 Å². The Morgan fingerprint density at radius 3 is 2.50 bits per heavy atom. The Labute approximate surface area is 191 Å². The lowest BCUT2D eigenvalue weighted by molar-refractivity contribution is -0.113. The molecule has 1 fully saturated rings. The Hall–Kier alpha value is -3.17. The molecule has 32 heavy (non-hydrogen) atoms. The number of carbonyl (C=O) groups is 2. The Bertz CT molecular complexity index is 1110. The van der Waals surface area contributed by atoms with Crippen LogP contribution in [0.1, 0.15) is 22.8 Å². The summed E-state index contributed by atoms with van der Waals surface area (Å²) in [7, 11) is 0. The standard InChI is InChI=1S/C23H25N5O3S/c1-16-7-9-18(10-8-16)28-22(27-11-13-31-14-12-27)25-26-23(28)32-15-21(30)24-20-6-4-3-5-19(20)17(2)29/h3-10H,11-15H2,1-2H3,(H,24,30). The van der Waals surface area contributed by atoms with Gasteiger partial charge in [0, 0.05) is 18.7 Å². The van der Waals surface area contributed by atoms with Gasteiger partial charge in [0.1, 0.15) is 0 Å². The number of aromatic nitrogens is 3. The molecule has 1 saturated heterocycles. The molecule has 1 N–H and O–H groups in total. The summed E-state index contributed by atoms with van der Waals surface area (Å²) in [4.78, 5) is 26.6. The zero-order valence-corrected chi connectivity index (χ0v) is 18.9. The van der Waals surface area contributed by atoms with Crippen LogP contribution >= 0.6 is 11.8 Å². The lowest BCUT2D eigenvalue weighted by Crippen LogP contribution is -2.37. The predicted octanol–water partition coefficient (Wildman–Crippen LogP) is 3.35. The molecular weight excluding hydrogens is 426 g/mol. The van der Waals surface area contributed by atoms with E-state index in [1.807, 2.05) is 35.8 Å². The number of benzene rings is 2. The number of amides is 1. The molecule has 2 heterocycles. The van der Waals surface area contributed by atoms with Crippen molar-refractivity contribution in [1.29, 1.82) is 0 Å². The summed E-state index contributed by atoms with van der Waals surface area (Å²) in [6, 6.07) is 15.1. The SMILES string of the molecule is CC(=O)c1ccccc1NC(=O)CSc1nnc(N2CCOCC2)n1-c1ccc(C)cc1. The highest BCUT2D eigenvalue weighted by molar-refractivity contribution is 7.99. The van der Waals surface area contributed by atoms with Crippen LogP contribution in [0.5, 0.6) is 0 Å². The van der Waals surface area contributed by atoms with E-state index in [0.29, 0.717) is 29.6 Å². The molecule has 4 rings (SSSR count). The van der Waals surface area contributed by atoms with Crippen LogP contribution in [0.25, 0.3) is 5.69 Å². The van der Waals surface area contributed by atoms with Crippen molar-refractivity contribution < 1.29 is 14.3 Å². The van der Waals surface area contributed by atoms with Crippen molar-refractivity contribution in [2.45, 2.75) is 19.0 Å². The molecule has 2 aromatic carbocycles. The highest BCUT2D eigenvalue weighted by Gasteiger charge is 2.22. The van der Waals surface area contributed by atoms with Crippen molar-refractivity contribution >= 4 is 35.1 Å². The van der Waals surface area contributed by atoms with E-state index in [-0.39, 0.29) is 17.4 Å². The van der Waals surface area contributed by atoms with E-state index in [4.69, 9.17) is 4.74 Å². The second kappa shape index (κ2) is 9.97. The number of nitrogens with zero attached hydrogens (tertiary/aromatic N) is 4. The van der Waals surface area contributed by atoms with Crippen LogP contribution in [0, 0.1) is 6.92 Å². The number of ether oxygens (including phenoxy) is 1. The molecule has 0 unspecified atom stereocenters. The molecule has 0 spiro atoms. The van der Waals surface area contributed by atoms with Crippen LogP contribution in [0.3, 0.4) is 0 Å². The van der Waals surface area contributed by atoms with Gasteiger partial charge in [0.15, 0.2) is 10.9 Å². The second-order valence-electron chi connectivity index (χ2n) is 7.49. The highest BCUT2D eigenvalue weighted by Crippen LogP contribution is 2.27. The first-order chi connectivity index (χ1) is 15.5. The number of nitrogens with one attached hydrogen (secondary N) is 1. The first-order valence-electron chi connectivity index (χ1n) is 10.4. The molecule has 166 valence electrons. The molecule has 0 atom stereocenters. The van der Waals surface area contributed by atoms with Gasteiger partial charge in [0.2, 0.25) is 11.9 Å². The average Bonchev–Trinajstić information content (AvgIpc) is 3.23. The molecule has 0 saturated carbocycles. The predicted molar refractivity (Wildman–Crippen MR) is 125 cm³/mol. The third-order valence-electron chi connectivity index (χ3n) is 5.12. The highest BCUT2D eigenvalue weighted by atomic mass is 32.2. The van der Waals surface area contributed by atoms with Gasteiger partial charge in [-0.05, 0) is 38.1 Å². The summed E-state index contributed by atoms with van der Waals surface area (Å²) in [6.07, 6.45) is 0. The van der Waals surface area contributed by atoms with E-state index < -0.39 is 0 Å². The van der Waals surface area contributed by atoms with Crippen molar-refractivity contribution in [3.8, 4) is 5.69 Å². The minimum Gasteiger partial charge on any atom is -0.378 e. The fraction of sp³-hybridized carbons (Fsp3) is 0.304. The number of ketones is 1. The molecule has 3 aromatic rings. The molecule has 0 bridgehead atoms. The maximum Gasteiger partial charge on any atom is 0.234 e. The van der Waals surface area contributed by atoms with Gasteiger partial charge in [0.05, 0.1) is 30.3 Å². The summed E-state index contributed by atoms with van der Waals surface area (Å²) >= 11 is 1.31. The number of morpholine rings is 1. The van der Waals surface area contributed by atoms with Gasteiger partial charge in [-0.1, -0.05) is 41.6 Å². The Morgan fingerprint density at radius 1 is 1.06 bits per heavy atom. The lowest BCUT2D eigenvalue weighted by Gasteiger charge is -2.28. The summed E-state index contributed by atoms with van der Waals surface area (Å²) < 4.78 is 7.45. The van der Waals surface area contributed by atoms with E-state index in [1.165, 1.54) is 18.7 Å². The smallest absolute Gasteiger partial charge is 0.234 e. The summed E-state index contributed by atoms with van der Waals surface area (Å²) in [5, 5.41) is 12.3. The number of rotatable bonds is 7. The normalized spacial score (nSPS) is 13.8. The lowest BCUT2D eigenvalue weighted by atomic mass is 10.1. The Balaban J connectivity index is 1.54. The van der Waals surface area contributed by atoms with Crippen LogP contribution in [-0.4, -0.2) is 58.5 Å². The van der Waals surface area contributed by atoms with E-state index >= 15 is 0 Å². The van der Waals surface area contributed by atoms with E-state index in [2.05, 4.69) is 20.4 Å². The van der Waals surface area contributed by atoms with Gasteiger partial charge >= 0.3 is 0 Å². The van der Waals surface area contributed by atoms with Crippen molar-refractivity contribution in [2.75, 3.05) is 42.3 Å². The number of anilines is 2. The molecule has 0 radical (unpaired) electrons. The molecule has 8 nitrogen and oxygen atoms in total. The second-order valence-corrected chi connectivity index (χ2v) is 8.43. The van der Waals surface area contributed by atoms with Crippen LogP contribution < -0.4 is 10.2 Å². The average molecular weight is 452 g/mol. The number of carbonyl (C=O) groups excluding carboxylic acids is 2. The Morgan fingerprint density at radius 2 is 1.78 bits per heavy atom. The number of hydrogen-bond donors (Lipinski definition) is 1. The van der Waals surface area contributed by atoms with Crippen LogP contribution in [0.15, 0.2) is 53.7 Å². The number of aryl methyl sites for hydroxylation is 1. The first-order valence-corrected chi connectivity index (χ1v) is 11.4. The van der Waals surface area contributed by atoms with Gasteiger partial charge in [-0.25, -0.2) is 0 Å². The molecule has 1 aliphatic heterocycles. The molecule has 1 aliphatic rings. The number of para-hydroxylation sites is 1. The van der Waals surface area contributed by atoms with Crippen LogP contribution in [-0.2, 0) is 9.53 Å². The maximum absolute atomic E-state index is 12.6. The zero-order chi connectivity index (χ0) is 22.5. The van der Waals surface area contributed by atoms with E-state index in [0.717, 1.165) is 30.3 Å². The third-order valence-corrected chi connectivity index (χ3v) is 6.04. The van der Waals surface area contributed by atoms with E-state index in [9.17, 15) is 9.59 Å². The summed E-state index contributed by atoms with van der Waals surface area (Å²) in [5.74, 6) is 0.569. The van der Waals surface area contributed by atoms with Gasteiger partial charge in [0.25, 0.3) is 0 Å². The Kier molecular flexibility index (Phi) is 6.87. The minimum absolute atomic E-state index is 0.0946. The molecule has 0 aliphatic carbocycles. The van der Waals surface area contributed by atoms with Crippen LogP contribution in [0.4, 0.5) is 11.6 Å². The fourth-order valence-electron chi connectivity index (χ4n) is 3.46. The number of hydrogen-bond acceptors (Lipinski definition) is 7. The number of Topliss-reactive ketones (excluding diaryl/α,β-unsaturated/α-hetero) is 1. The summed E-state index contributed by atoms with van der Waals surface area (Å²) in [6.45, 7) is 6.27. The zero-order valence-electron chi connectivity index (χ0n) is 18.1. The quantitative estimate of drug-likeness (QED) is 0.435. The number of thioether (sulfide) groups is 1. The molecule has 9 heteroatoms. The third kappa shape index (κ3) is 5.00. The molecule has 1 aromatic heterocycles. The largest absolute Gasteiger partial charge is 0.378 e.